The fourth-order valence-electron chi connectivity index (χ4n) is 2.66. The Bertz CT molecular complexity index is 812. The van der Waals surface area contributed by atoms with E-state index in [0.717, 1.165) is 0 Å². The summed E-state index contributed by atoms with van der Waals surface area (Å²) in [6.45, 7) is 8.62. The van der Waals surface area contributed by atoms with Crippen LogP contribution in [-0.4, -0.2) is 33.9 Å². The minimum Gasteiger partial charge on any atom is -0.483 e. The number of carbonyl (C=O) groups excluding carboxylic acids is 1. The molecular weight excluding hydrogens is 420 g/mol. The molecule has 1 aromatic heterocycles. The van der Waals surface area contributed by atoms with E-state index in [2.05, 4.69) is 25.9 Å². The van der Waals surface area contributed by atoms with Crippen molar-refractivity contribution in [3.63, 3.8) is 0 Å². The van der Waals surface area contributed by atoms with Crippen LogP contribution in [0, 0.1) is 6.92 Å². The summed E-state index contributed by atoms with van der Waals surface area (Å²) < 4.78 is 6.73. The van der Waals surface area contributed by atoms with E-state index in [1.807, 2.05) is 20.8 Å². The standard InChI is InChI=1S/C18H22BrClN4O2/c1-5-24(6-2)17(25)15-10(3)22-18(21)23-16(15)11(4)26-14-8-7-12(20)9-13(14)19/h7-9,11H,5-6H2,1-4H3,(H2,21,22,23). The Balaban J connectivity index is 2.45. The molecule has 2 rings (SSSR count). The Morgan fingerprint density at radius 2 is 2.00 bits per heavy atom. The van der Waals surface area contributed by atoms with Gasteiger partial charge in [0.25, 0.3) is 5.91 Å². The quantitative estimate of drug-likeness (QED) is 0.718. The van der Waals surface area contributed by atoms with Crippen LogP contribution in [0.4, 0.5) is 5.95 Å². The third kappa shape index (κ3) is 4.45. The number of anilines is 1. The first-order chi connectivity index (χ1) is 12.3. The zero-order valence-electron chi connectivity index (χ0n) is 15.2. The Labute approximate surface area is 166 Å². The van der Waals surface area contributed by atoms with Gasteiger partial charge in [0.1, 0.15) is 11.9 Å². The lowest BCUT2D eigenvalue weighted by atomic mass is 10.1. The second-order valence-corrected chi connectivity index (χ2v) is 7.03. The number of carbonyl (C=O) groups is 1. The number of amides is 1. The predicted octanol–water partition coefficient (Wildman–Crippen LogP) is 4.41. The average molecular weight is 442 g/mol. The number of hydrogen-bond acceptors (Lipinski definition) is 5. The summed E-state index contributed by atoms with van der Waals surface area (Å²) in [7, 11) is 0. The molecule has 1 heterocycles. The molecule has 0 saturated carbocycles. The largest absolute Gasteiger partial charge is 0.483 e. The highest BCUT2D eigenvalue weighted by Gasteiger charge is 2.26. The molecule has 140 valence electrons. The molecule has 0 saturated heterocycles. The smallest absolute Gasteiger partial charge is 0.257 e. The molecule has 0 aliphatic rings. The number of ether oxygens (including phenoxy) is 1. The minimum absolute atomic E-state index is 0.110. The number of rotatable bonds is 6. The summed E-state index contributed by atoms with van der Waals surface area (Å²) in [6, 6.07) is 5.23. The third-order valence-electron chi connectivity index (χ3n) is 3.98. The molecule has 0 spiro atoms. The van der Waals surface area contributed by atoms with Crippen LogP contribution in [-0.2, 0) is 0 Å². The van der Waals surface area contributed by atoms with Gasteiger partial charge in [-0.25, -0.2) is 9.97 Å². The van der Waals surface area contributed by atoms with E-state index in [4.69, 9.17) is 22.1 Å². The van der Waals surface area contributed by atoms with E-state index in [9.17, 15) is 4.79 Å². The van der Waals surface area contributed by atoms with E-state index < -0.39 is 6.10 Å². The van der Waals surface area contributed by atoms with Crippen LogP contribution >= 0.6 is 27.5 Å². The average Bonchev–Trinajstić information content (AvgIpc) is 2.57. The van der Waals surface area contributed by atoms with E-state index in [-0.39, 0.29) is 11.9 Å². The predicted molar refractivity (Wildman–Crippen MR) is 107 cm³/mol. The van der Waals surface area contributed by atoms with E-state index in [1.165, 1.54) is 0 Å². The van der Waals surface area contributed by atoms with Crippen molar-refractivity contribution in [2.75, 3.05) is 18.8 Å². The molecule has 6 nitrogen and oxygen atoms in total. The topological polar surface area (TPSA) is 81.3 Å². The second kappa shape index (κ2) is 8.68. The highest BCUT2D eigenvalue weighted by molar-refractivity contribution is 9.10. The fraction of sp³-hybridized carbons (Fsp3) is 0.389. The van der Waals surface area contributed by atoms with Crippen molar-refractivity contribution in [2.24, 2.45) is 0 Å². The molecule has 0 aliphatic carbocycles. The van der Waals surface area contributed by atoms with Crippen molar-refractivity contribution in [1.82, 2.24) is 14.9 Å². The van der Waals surface area contributed by atoms with E-state index >= 15 is 0 Å². The van der Waals surface area contributed by atoms with Gasteiger partial charge in [-0.2, -0.15) is 0 Å². The Morgan fingerprint density at radius 1 is 1.35 bits per heavy atom. The molecule has 2 N–H and O–H groups in total. The summed E-state index contributed by atoms with van der Waals surface area (Å²) in [6.07, 6.45) is -0.508. The lowest BCUT2D eigenvalue weighted by molar-refractivity contribution is 0.0765. The van der Waals surface area contributed by atoms with E-state index in [1.54, 1.807) is 30.0 Å². The fourth-order valence-corrected chi connectivity index (χ4v) is 3.44. The molecule has 0 radical (unpaired) electrons. The van der Waals surface area contributed by atoms with E-state index in [0.29, 0.717) is 45.3 Å². The Morgan fingerprint density at radius 3 is 2.58 bits per heavy atom. The Kier molecular flexibility index (Phi) is 6.83. The molecule has 26 heavy (non-hydrogen) atoms. The summed E-state index contributed by atoms with van der Waals surface area (Å²) in [5, 5.41) is 0.594. The molecule has 1 unspecified atom stereocenters. The zero-order chi connectivity index (χ0) is 19.4. The van der Waals surface area contributed by atoms with Gasteiger partial charge in [0.15, 0.2) is 0 Å². The van der Waals surface area contributed by atoms with Crippen LogP contribution in [0.1, 0.15) is 48.6 Å². The van der Waals surface area contributed by atoms with Crippen LogP contribution in [0.5, 0.6) is 5.75 Å². The normalized spacial score (nSPS) is 11.9. The molecule has 0 bridgehead atoms. The highest BCUT2D eigenvalue weighted by atomic mass is 79.9. The number of halogens is 2. The number of aryl methyl sites for hydroxylation is 1. The summed E-state index contributed by atoms with van der Waals surface area (Å²) in [4.78, 5) is 23.1. The number of nitrogens with two attached hydrogens (primary N) is 1. The first-order valence-corrected chi connectivity index (χ1v) is 9.50. The van der Waals surface area contributed by atoms with Crippen LogP contribution in [0.3, 0.4) is 0 Å². The molecular formula is C18H22BrClN4O2. The van der Waals surface area contributed by atoms with Crippen molar-refractivity contribution in [2.45, 2.75) is 33.8 Å². The number of benzene rings is 1. The lowest BCUT2D eigenvalue weighted by Crippen LogP contribution is -2.33. The molecule has 1 aromatic carbocycles. The maximum atomic E-state index is 13.0. The van der Waals surface area contributed by atoms with Gasteiger partial charge in [0.2, 0.25) is 5.95 Å². The molecule has 0 fully saturated rings. The number of nitrogens with zero attached hydrogens (tertiary/aromatic N) is 3. The maximum absolute atomic E-state index is 13.0. The van der Waals surface area contributed by atoms with Crippen LogP contribution in [0.15, 0.2) is 22.7 Å². The Hall–Kier alpha value is -1.86. The molecule has 8 heteroatoms. The molecule has 2 aromatic rings. The zero-order valence-corrected chi connectivity index (χ0v) is 17.6. The van der Waals surface area contributed by atoms with Crippen molar-refractivity contribution in [3.8, 4) is 5.75 Å². The van der Waals surface area contributed by atoms with Gasteiger partial charge < -0.3 is 15.4 Å². The van der Waals surface area contributed by atoms with Crippen molar-refractivity contribution >= 4 is 39.4 Å². The van der Waals surface area contributed by atoms with Crippen molar-refractivity contribution < 1.29 is 9.53 Å². The molecule has 1 atom stereocenters. The number of hydrogen-bond donors (Lipinski definition) is 1. The first kappa shape index (κ1) is 20.5. The number of nitrogen functional groups attached to an aromatic ring is 1. The molecule has 1 amide bonds. The van der Waals surface area contributed by atoms with Gasteiger partial charge in [-0.15, -0.1) is 0 Å². The third-order valence-corrected chi connectivity index (χ3v) is 4.84. The van der Waals surface area contributed by atoms with Gasteiger partial charge in [-0.05, 0) is 61.8 Å². The van der Waals surface area contributed by atoms with Gasteiger partial charge in [0, 0.05) is 18.1 Å². The lowest BCUT2D eigenvalue weighted by Gasteiger charge is -2.23. The monoisotopic (exact) mass is 440 g/mol. The SMILES string of the molecule is CCN(CC)C(=O)c1c(C)nc(N)nc1C(C)Oc1ccc(Cl)cc1Br. The highest BCUT2D eigenvalue weighted by Crippen LogP contribution is 2.32. The first-order valence-electron chi connectivity index (χ1n) is 8.33. The maximum Gasteiger partial charge on any atom is 0.257 e. The van der Waals surface area contributed by atoms with Gasteiger partial charge >= 0.3 is 0 Å². The van der Waals surface area contributed by atoms with Gasteiger partial charge in [0.05, 0.1) is 21.4 Å². The second-order valence-electron chi connectivity index (χ2n) is 5.74. The van der Waals surface area contributed by atoms with Crippen molar-refractivity contribution in [3.05, 3.63) is 44.6 Å². The van der Waals surface area contributed by atoms with Gasteiger partial charge in [-0.3, -0.25) is 4.79 Å². The van der Waals surface area contributed by atoms with Crippen molar-refractivity contribution in [1.29, 1.82) is 0 Å². The summed E-state index contributed by atoms with van der Waals surface area (Å²) in [5.41, 5.74) is 7.26. The molecule has 0 aliphatic heterocycles. The summed E-state index contributed by atoms with van der Waals surface area (Å²) >= 11 is 9.40. The number of aromatic nitrogens is 2. The van der Waals surface area contributed by atoms with Crippen LogP contribution < -0.4 is 10.5 Å². The summed E-state index contributed by atoms with van der Waals surface area (Å²) in [5.74, 6) is 0.574. The van der Waals surface area contributed by atoms with Crippen LogP contribution in [0.25, 0.3) is 0 Å². The minimum atomic E-state index is -0.508. The van der Waals surface area contributed by atoms with Gasteiger partial charge in [-0.1, -0.05) is 11.6 Å². The van der Waals surface area contributed by atoms with Crippen LogP contribution in [0.2, 0.25) is 5.02 Å².